The lowest BCUT2D eigenvalue weighted by atomic mass is 10.1. The van der Waals surface area contributed by atoms with Crippen molar-refractivity contribution in [3.63, 3.8) is 0 Å². The van der Waals surface area contributed by atoms with E-state index in [1.54, 1.807) is 12.1 Å². The zero-order valence-electron chi connectivity index (χ0n) is 14.2. The van der Waals surface area contributed by atoms with E-state index in [0.717, 1.165) is 31.7 Å². The van der Waals surface area contributed by atoms with E-state index in [9.17, 15) is 4.79 Å². The zero-order valence-corrected chi connectivity index (χ0v) is 15.0. The minimum Gasteiger partial charge on any atom is -0.478 e. The molecule has 2 rings (SSSR count). The Balaban J connectivity index is 0.00000288. The Kier molecular flexibility index (Phi) is 8.30. The molecule has 0 saturated carbocycles. The van der Waals surface area contributed by atoms with Crippen molar-refractivity contribution in [3.8, 4) is 0 Å². The van der Waals surface area contributed by atoms with Crippen LogP contribution in [-0.2, 0) is 13.1 Å². The Morgan fingerprint density at radius 3 is 1.79 bits per heavy atom. The molecular weight excluding hydrogens is 324 g/mol. The van der Waals surface area contributed by atoms with E-state index in [2.05, 4.69) is 48.3 Å². The van der Waals surface area contributed by atoms with Gasteiger partial charge in [-0.1, -0.05) is 24.3 Å². The van der Waals surface area contributed by atoms with Crippen molar-refractivity contribution in [3.05, 3.63) is 65.2 Å². The van der Waals surface area contributed by atoms with Crippen molar-refractivity contribution in [2.75, 3.05) is 18.0 Å². The SMILES string of the molecule is CCN(CC)c1ccc(CNCc2ccc(C(=O)O)cc2)cc1.Cl. The van der Waals surface area contributed by atoms with Crippen molar-refractivity contribution < 1.29 is 9.90 Å². The number of halogens is 1. The van der Waals surface area contributed by atoms with Crippen molar-refractivity contribution in [1.29, 1.82) is 0 Å². The summed E-state index contributed by atoms with van der Waals surface area (Å²) >= 11 is 0. The standard InChI is InChI=1S/C19H24N2O2.ClH/c1-3-21(4-2)18-11-7-16(8-12-18)14-20-13-15-5-9-17(10-6-15)19(22)23;/h5-12,20H,3-4,13-14H2,1-2H3,(H,22,23);1H. The minimum absolute atomic E-state index is 0. The summed E-state index contributed by atoms with van der Waals surface area (Å²) in [5.41, 5.74) is 3.89. The quantitative estimate of drug-likeness (QED) is 0.758. The molecule has 0 bridgehead atoms. The van der Waals surface area contributed by atoms with Crippen LogP contribution in [0.2, 0.25) is 0 Å². The molecule has 0 fully saturated rings. The first-order valence-electron chi connectivity index (χ1n) is 8.00. The molecule has 0 aliphatic heterocycles. The van der Waals surface area contributed by atoms with E-state index in [1.807, 2.05) is 12.1 Å². The summed E-state index contributed by atoms with van der Waals surface area (Å²) in [4.78, 5) is 13.1. The molecule has 0 atom stereocenters. The van der Waals surface area contributed by atoms with E-state index in [0.29, 0.717) is 5.56 Å². The van der Waals surface area contributed by atoms with Crippen LogP contribution >= 0.6 is 12.4 Å². The molecule has 0 radical (unpaired) electrons. The van der Waals surface area contributed by atoms with Gasteiger partial charge in [-0.3, -0.25) is 0 Å². The van der Waals surface area contributed by atoms with Gasteiger partial charge in [0.2, 0.25) is 0 Å². The second kappa shape index (κ2) is 9.96. The molecule has 2 aromatic carbocycles. The van der Waals surface area contributed by atoms with Crippen molar-refractivity contribution in [2.24, 2.45) is 0 Å². The molecule has 24 heavy (non-hydrogen) atoms. The summed E-state index contributed by atoms with van der Waals surface area (Å²) in [6, 6.07) is 15.6. The summed E-state index contributed by atoms with van der Waals surface area (Å²) in [6.07, 6.45) is 0. The van der Waals surface area contributed by atoms with Gasteiger partial charge in [0.05, 0.1) is 5.56 Å². The molecule has 0 aliphatic carbocycles. The van der Waals surface area contributed by atoms with Crippen LogP contribution in [-0.4, -0.2) is 24.2 Å². The van der Waals surface area contributed by atoms with E-state index < -0.39 is 5.97 Å². The van der Waals surface area contributed by atoms with Crippen LogP contribution < -0.4 is 10.2 Å². The van der Waals surface area contributed by atoms with Crippen LogP contribution in [0.25, 0.3) is 0 Å². The lowest BCUT2D eigenvalue weighted by Gasteiger charge is -2.21. The maximum atomic E-state index is 10.8. The van der Waals surface area contributed by atoms with Gasteiger partial charge >= 0.3 is 5.97 Å². The summed E-state index contributed by atoms with van der Waals surface area (Å²) in [5, 5.41) is 12.3. The molecule has 130 valence electrons. The number of aromatic carboxylic acids is 1. The number of rotatable bonds is 8. The number of nitrogens with zero attached hydrogens (tertiary/aromatic N) is 1. The Morgan fingerprint density at radius 1 is 0.917 bits per heavy atom. The third-order valence-electron chi connectivity index (χ3n) is 3.92. The third kappa shape index (κ3) is 5.55. The minimum atomic E-state index is -0.891. The van der Waals surface area contributed by atoms with Crippen molar-refractivity contribution >= 4 is 24.1 Å². The van der Waals surface area contributed by atoms with Gasteiger partial charge in [0.25, 0.3) is 0 Å². The highest BCUT2D eigenvalue weighted by molar-refractivity contribution is 5.87. The molecule has 0 unspecified atom stereocenters. The molecule has 0 aromatic heterocycles. The first-order valence-corrected chi connectivity index (χ1v) is 8.00. The van der Waals surface area contributed by atoms with E-state index in [-0.39, 0.29) is 12.4 Å². The average molecular weight is 349 g/mol. The van der Waals surface area contributed by atoms with Crippen LogP contribution in [0.15, 0.2) is 48.5 Å². The number of carboxylic acids is 1. The topological polar surface area (TPSA) is 52.6 Å². The summed E-state index contributed by atoms with van der Waals surface area (Å²) in [7, 11) is 0. The lowest BCUT2D eigenvalue weighted by molar-refractivity contribution is 0.0697. The molecule has 0 saturated heterocycles. The first-order chi connectivity index (χ1) is 11.1. The maximum absolute atomic E-state index is 10.8. The fourth-order valence-corrected chi connectivity index (χ4v) is 2.53. The molecule has 2 N–H and O–H groups in total. The Bertz CT molecular complexity index is 623. The van der Waals surface area contributed by atoms with Crippen molar-refractivity contribution in [1.82, 2.24) is 5.32 Å². The Hall–Kier alpha value is -2.04. The maximum Gasteiger partial charge on any atom is 0.335 e. The first kappa shape index (κ1) is 20.0. The predicted octanol–water partition coefficient (Wildman–Crippen LogP) is 3.94. The third-order valence-corrected chi connectivity index (χ3v) is 3.92. The molecule has 5 heteroatoms. The highest BCUT2D eigenvalue weighted by Gasteiger charge is 2.03. The van der Waals surface area contributed by atoms with Crippen LogP contribution in [0.1, 0.15) is 35.3 Å². The van der Waals surface area contributed by atoms with E-state index in [4.69, 9.17) is 5.11 Å². The molecule has 2 aromatic rings. The van der Waals surface area contributed by atoms with Crippen molar-refractivity contribution in [2.45, 2.75) is 26.9 Å². The second-order valence-corrected chi connectivity index (χ2v) is 5.44. The second-order valence-electron chi connectivity index (χ2n) is 5.44. The Morgan fingerprint density at radius 2 is 1.38 bits per heavy atom. The van der Waals surface area contributed by atoms with Gasteiger partial charge in [0.15, 0.2) is 0 Å². The van der Waals surface area contributed by atoms with Gasteiger partial charge in [-0.25, -0.2) is 4.79 Å². The van der Waals surface area contributed by atoms with Gasteiger partial charge in [0, 0.05) is 31.9 Å². The van der Waals surface area contributed by atoms with Gasteiger partial charge in [-0.05, 0) is 49.2 Å². The summed E-state index contributed by atoms with van der Waals surface area (Å²) in [5.74, 6) is -0.891. The van der Waals surface area contributed by atoms with Crippen LogP contribution in [0.4, 0.5) is 5.69 Å². The lowest BCUT2D eigenvalue weighted by Crippen LogP contribution is -2.21. The van der Waals surface area contributed by atoms with Gasteiger partial charge in [-0.15, -0.1) is 12.4 Å². The van der Waals surface area contributed by atoms with Gasteiger partial charge in [-0.2, -0.15) is 0 Å². The normalized spacial score (nSPS) is 10.1. The number of hydrogen-bond donors (Lipinski definition) is 2. The average Bonchev–Trinajstić information content (AvgIpc) is 2.58. The number of anilines is 1. The fraction of sp³-hybridized carbons (Fsp3) is 0.316. The van der Waals surface area contributed by atoms with Crippen LogP contribution in [0.3, 0.4) is 0 Å². The number of carboxylic acid groups (broad SMARTS) is 1. The monoisotopic (exact) mass is 348 g/mol. The number of hydrogen-bond acceptors (Lipinski definition) is 3. The van der Waals surface area contributed by atoms with Gasteiger partial charge < -0.3 is 15.3 Å². The van der Waals surface area contributed by atoms with E-state index >= 15 is 0 Å². The van der Waals surface area contributed by atoms with Crippen LogP contribution in [0, 0.1) is 0 Å². The highest BCUT2D eigenvalue weighted by Crippen LogP contribution is 2.15. The highest BCUT2D eigenvalue weighted by atomic mass is 35.5. The summed E-state index contributed by atoms with van der Waals surface area (Å²) < 4.78 is 0. The summed E-state index contributed by atoms with van der Waals surface area (Å²) in [6.45, 7) is 7.86. The predicted molar refractivity (Wildman–Crippen MR) is 101 cm³/mol. The fourth-order valence-electron chi connectivity index (χ4n) is 2.53. The number of nitrogens with one attached hydrogen (secondary N) is 1. The van der Waals surface area contributed by atoms with E-state index in [1.165, 1.54) is 11.3 Å². The molecule has 0 spiro atoms. The molecule has 0 heterocycles. The molecule has 4 nitrogen and oxygen atoms in total. The van der Waals surface area contributed by atoms with Gasteiger partial charge in [0.1, 0.15) is 0 Å². The Labute approximate surface area is 149 Å². The molecule has 0 amide bonds. The number of benzene rings is 2. The largest absolute Gasteiger partial charge is 0.478 e. The van der Waals surface area contributed by atoms with Crippen LogP contribution in [0.5, 0.6) is 0 Å². The number of carbonyl (C=O) groups is 1. The molecular formula is C19H25ClN2O2. The zero-order chi connectivity index (χ0) is 16.7. The smallest absolute Gasteiger partial charge is 0.335 e. The molecule has 0 aliphatic rings.